The van der Waals surface area contributed by atoms with Crippen LogP contribution in [0.25, 0.3) is 11.3 Å². The summed E-state index contributed by atoms with van der Waals surface area (Å²) < 4.78 is 5.40. The number of carbonyl (C=O) groups is 1. The summed E-state index contributed by atoms with van der Waals surface area (Å²) in [6.07, 6.45) is 0. The molecule has 0 fully saturated rings. The highest BCUT2D eigenvalue weighted by Crippen LogP contribution is 2.19. The zero-order valence-corrected chi connectivity index (χ0v) is 14.5. The molecule has 128 valence electrons. The van der Waals surface area contributed by atoms with Gasteiger partial charge in [0, 0.05) is 17.3 Å². The molecule has 3 rings (SSSR count). The number of hydrogen-bond donors (Lipinski definition) is 2. The van der Waals surface area contributed by atoms with Crippen LogP contribution in [0.4, 0.5) is 5.69 Å². The lowest BCUT2D eigenvalue weighted by atomic mass is 10.1. The Hall–Kier alpha value is -2.92. The molecule has 5 nitrogen and oxygen atoms in total. The molecule has 0 radical (unpaired) electrons. The van der Waals surface area contributed by atoms with E-state index in [1.54, 1.807) is 0 Å². The number of hydrogen-bond acceptors (Lipinski definition) is 3. The normalized spacial score (nSPS) is 11.9. The van der Waals surface area contributed by atoms with Crippen molar-refractivity contribution in [2.45, 2.75) is 13.5 Å². The molecule has 0 aliphatic carbocycles. The van der Waals surface area contributed by atoms with E-state index in [9.17, 15) is 4.79 Å². The maximum Gasteiger partial charge on any atom is 0.279 e. The van der Waals surface area contributed by atoms with Crippen LogP contribution in [0.1, 0.15) is 11.3 Å². The Balaban J connectivity index is 1.54. The molecule has 0 saturated carbocycles. The first-order valence-corrected chi connectivity index (χ1v) is 8.29. The lowest BCUT2D eigenvalue weighted by molar-refractivity contribution is -0.885. The molecule has 1 atom stereocenters. The summed E-state index contributed by atoms with van der Waals surface area (Å²) in [7, 11) is 1.96. The topological polar surface area (TPSA) is 59.6 Å². The molecule has 0 spiro atoms. The Kier molecular flexibility index (Phi) is 5.26. The molecule has 1 aromatic heterocycles. The van der Waals surface area contributed by atoms with Gasteiger partial charge in [0.05, 0.1) is 7.05 Å². The number of aromatic nitrogens is 1. The van der Waals surface area contributed by atoms with E-state index in [0.29, 0.717) is 13.1 Å². The predicted octanol–water partition coefficient (Wildman–Crippen LogP) is 2.30. The lowest BCUT2D eigenvalue weighted by Crippen LogP contribution is -3.08. The van der Waals surface area contributed by atoms with Gasteiger partial charge in [-0.25, -0.2) is 0 Å². The Morgan fingerprint density at radius 1 is 1.12 bits per heavy atom. The molecule has 0 aliphatic rings. The largest absolute Gasteiger partial charge is 0.356 e. The zero-order valence-electron chi connectivity index (χ0n) is 14.5. The molecule has 2 aromatic carbocycles. The lowest BCUT2D eigenvalue weighted by Gasteiger charge is -2.12. The Morgan fingerprint density at radius 2 is 1.84 bits per heavy atom. The van der Waals surface area contributed by atoms with Gasteiger partial charge in [0.25, 0.3) is 5.91 Å². The van der Waals surface area contributed by atoms with E-state index in [1.165, 1.54) is 5.56 Å². The standard InChI is InChI=1S/C20H21N3O2/c1-15-8-10-17(11-9-15)21-20(24)14-23(2)13-18-12-19(25-22-18)16-6-4-3-5-7-16/h3-12H,13-14H2,1-2H3,(H,21,24)/p+1. The van der Waals surface area contributed by atoms with E-state index in [-0.39, 0.29) is 5.91 Å². The van der Waals surface area contributed by atoms with E-state index >= 15 is 0 Å². The summed E-state index contributed by atoms with van der Waals surface area (Å²) in [5.74, 6) is 0.723. The number of benzene rings is 2. The van der Waals surface area contributed by atoms with Crippen LogP contribution in [0.3, 0.4) is 0 Å². The van der Waals surface area contributed by atoms with Crippen LogP contribution in [0.15, 0.2) is 65.2 Å². The van der Waals surface area contributed by atoms with Crippen molar-refractivity contribution in [3.8, 4) is 11.3 Å². The van der Waals surface area contributed by atoms with Gasteiger partial charge in [-0.2, -0.15) is 0 Å². The third-order valence-electron chi connectivity index (χ3n) is 3.90. The molecule has 0 aliphatic heterocycles. The van der Waals surface area contributed by atoms with E-state index in [1.807, 2.05) is 74.6 Å². The number of aryl methyl sites for hydroxylation is 1. The predicted molar refractivity (Wildman–Crippen MR) is 97.2 cm³/mol. The molecule has 2 N–H and O–H groups in total. The number of rotatable bonds is 6. The van der Waals surface area contributed by atoms with Gasteiger partial charge < -0.3 is 14.7 Å². The minimum Gasteiger partial charge on any atom is -0.356 e. The van der Waals surface area contributed by atoms with Crippen LogP contribution < -0.4 is 10.2 Å². The van der Waals surface area contributed by atoms with Crippen LogP contribution in [-0.2, 0) is 11.3 Å². The first kappa shape index (κ1) is 16.9. The Morgan fingerprint density at radius 3 is 2.56 bits per heavy atom. The molecule has 1 amide bonds. The molecule has 3 aromatic rings. The highest BCUT2D eigenvalue weighted by atomic mass is 16.5. The SMILES string of the molecule is Cc1ccc(NC(=O)C[NH+](C)Cc2cc(-c3ccccc3)on2)cc1. The average molecular weight is 336 g/mol. The maximum atomic E-state index is 12.1. The Labute approximate surface area is 147 Å². The molecule has 5 heteroatoms. The van der Waals surface area contributed by atoms with Gasteiger partial charge >= 0.3 is 0 Å². The Bertz CT molecular complexity index is 826. The van der Waals surface area contributed by atoms with Gasteiger partial charge in [-0.1, -0.05) is 53.2 Å². The highest BCUT2D eigenvalue weighted by molar-refractivity contribution is 5.91. The van der Waals surface area contributed by atoms with Crippen molar-refractivity contribution in [2.24, 2.45) is 0 Å². The number of amides is 1. The smallest absolute Gasteiger partial charge is 0.279 e. The minimum absolute atomic E-state index is 0.0202. The van der Waals surface area contributed by atoms with Gasteiger partial charge in [0.1, 0.15) is 12.2 Å². The second-order valence-corrected chi connectivity index (χ2v) is 6.27. The van der Waals surface area contributed by atoms with Crippen LogP contribution in [-0.4, -0.2) is 24.7 Å². The number of quaternary nitrogens is 1. The molecular formula is C20H22N3O2+. The van der Waals surface area contributed by atoms with Crippen molar-refractivity contribution < 1.29 is 14.2 Å². The highest BCUT2D eigenvalue weighted by Gasteiger charge is 2.14. The monoisotopic (exact) mass is 336 g/mol. The molecule has 25 heavy (non-hydrogen) atoms. The maximum absolute atomic E-state index is 12.1. The van der Waals surface area contributed by atoms with Crippen LogP contribution in [0.2, 0.25) is 0 Å². The van der Waals surface area contributed by atoms with Gasteiger partial charge in [-0.05, 0) is 19.1 Å². The zero-order chi connectivity index (χ0) is 17.6. The van der Waals surface area contributed by atoms with Crippen molar-refractivity contribution in [2.75, 3.05) is 18.9 Å². The summed E-state index contributed by atoms with van der Waals surface area (Å²) in [6, 6.07) is 19.6. The van der Waals surface area contributed by atoms with Gasteiger partial charge in [0.15, 0.2) is 12.3 Å². The number of anilines is 1. The van der Waals surface area contributed by atoms with Crippen molar-refractivity contribution in [3.63, 3.8) is 0 Å². The molecule has 1 unspecified atom stereocenters. The van der Waals surface area contributed by atoms with Gasteiger partial charge in [-0.3, -0.25) is 4.79 Å². The summed E-state index contributed by atoms with van der Waals surface area (Å²) >= 11 is 0. The number of carbonyl (C=O) groups excluding carboxylic acids is 1. The van der Waals surface area contributed by atoms with E-state index in [2.05, 4.69) is 10.5 Å². The van der Waals surface area contributed by atoms with Gasteiger partial charge in [0.2, 0.25) is 0 Å². The summed E-state index contributed by atoms with van der Waals surface area (Å²) in [5.41, 5.74) is 3.81. The summed E-state index contributed by atoms with van der Waals surface area (Å²) in [4.78, 5) is 13.2. The molecule has 0 saturated heterocycles. The fourth-order valence-corrected chi connectivity index (χ4v) is 2.62. The summed E-state index contributed by atoms with van der Waals surface area (Å²) in [5, 5.41) is 7.02. The fraction of sp³-hybridized carbons (Fsp3) is 0.200. The minimum atomic E-state index is -0.0202. The molecular weight excluding hydrogens is 314 g/mol. The van der Waals surface area contributed by atoms with Crippen molar-refractivity contribution >= 4 is 11.6 Å². The number of nitrogens with zero attached hydrogens (tertiary/aromatic N) is 1. The van der Waals surface area contributed by atoms with E-state index in [0.717, 1.165) is 27.6 Å². The van der Waals surface area contributed by atoms with E-state index < -0.39 is 0 Å². The summed E-state index contributed by atoms with van der Waals surface area (Å²) in [6.45, 7) is 3.00. The first-order chi connectivity index (χ1) is 12.1. The van der Waals surface area contributed by atoms with Crippen LogP contribution in [0.5, 0.6) is 0 Å². The fourth-order valence-electron chi connectivity index (χ4n) is 2.62. The van der Waals surface area contributed by atoms with Gasteiger partial charge in [-0.15, -0.1) is 0 Å². The first-order valence-electron chi connectivity index (χ1n) is 8.29. The quantitative estimate of drug-likeness (QED) is 0.726. The number of likely N-dealkylation sites (N-methyl/N-ethyl adjacent to an activating group) is 1. The molecule has 1 heterocycles. The van der Waals surface area contributed by atoms with Crippen molar-refractivity contribution in [3.05, 3.63) is 71.9 Å². The average Bonchev–Trinajstić information content (AvgIpc) is 3.06. The third-order valence-corrected chi connectivity index (χ3v) is 3.90. The van der Waals surface area contributed by atoms with Crippen LogP contribution in [0, 0.1) is 6.92 Å². The second kappa shape index (κ2) is 7.77. The molecule has 0 bridgehead atoms. The van der Waals surface area contributed by atoms with E-state index in [4.69, 9.17) is 4.52 Å². The van der Waals surface area contributed by atoms with Crippen LogP contribution >= 0.6 is 0 Å². The third kappa shape index (κ3) is 4.78. The van der Waals surface area contributed by atoms with Crippen molar-refractivity contribution in [1.82, 2.24) is 5.16 Å². The number of nitrogens with one attached hydrogen (secondary N) is 2. The van der Waals surface area contributed by atoms with Crippen molar-refractivity contribution in [1.29, 1.82) is 0 Å². The second-order valence-electron chi connectivity index (χ2n) is 6.27.